The summed E-state index contributed by atoms with van der Waals surface area (Å²) in [5, 5.41) is 3.44. The fraction of sp³-hybridized carbons (Fsp3) is 0.167. The van der Waals surface area contributed by atoms with Gasteiger partial charge in [-0.15, -0.1) is 0 Å². The Morgan fingerprint density at radius 3 is 2.37 bits per heavy atom. The van der Waals surface area contributed by atoms with E-state index >= 15 is 0 Å². The molecular formula is C18H16ClN3O4S. The largest absolute Gasteiger partial charge is 0.495 e. The van der Waals surface area contributed by atoms with Gasteiger partial charge in [-0.1, -0.05) is 11.6 Å². The molecule has 27 heavy (non-hydrogen) atoms. The summed E-state index contributed by atoms with van der Waals surface area (Å²) < 4.78 is 19.9. The number of nitrogens with zero attached hydrogens (tertiary/aromatic N) is 2. The van der Waals surface area contributed by atoms with Crippen molar-refractivity contribution < 1.29 is 19.0 Å². The van der Waals surface area contributed by atoms with Gasteiger partial charge in [0.15, 0.2) is 17.3 Å². The number of carbonyl (C=O) groups excluding carboxylic acids is 1. The molecule has 0 atom stereocenters. The van der Waals surface area contributed by atoms with Crippen LogP contribution >= 0.6 is 23.1 Å². The fourth-order valence-corrected chi connectivity index (χ4v) is 3.19. The summed E-state index contributed by atoms with van der Waals surface area (Å²) in [5.74, 6) is 1.82. The summed E-state index contributed by atoms with van der Waals surface area (Å²) in [6.07, 6.45) is 0. The van der Waals surface area contributed by atoms with Crippen LogP contribution in [0, 0.1) is 0 Å². The third-order valence-electron chi connectivity index (χ3n) is 3.70. The van der Waals surface area contributed by atoms with Gasteiger partial charge in [0.25, 0.3) is 5.91 Å². The third kappa shape index (κ3) is 4.12. The molecule has 0 aliphatic carbocycles. The number of halogens is 1. The zero-order chi connectivity index (χ0) is 19.4. The number of aromatic nitrogens is 2. The second kappa shape index (κ2) is 8.24. The van der Waals surface area contributed by atoms with E-state index in [-0.39, 0.29) is 5.91 Å². The molecule has 1 aromatic heterocycles. The molecule has 3 aromatic rings. The van der Waals surface area contributed by atoms with Crippen LogP contribution in [0.3, 0.4) is 0 Å². The minimum Gasteiger partial charge on any atom is -0.495 e. The topological polar surface area (TPSA) is 82.6 Å². The molecule has 0 spiro atoms. The van der Waals surface area contributed by atoms with Gasteiger partial charge in [-0.05, 0) is 36.4 Å². The van der Waals surface area contributed by atoms with Crippen molar-refractivity contribution in [2.24, 2.45) is 0 Å². The highest BCUT2D eigenvalue weighted by Crippen LogP contribution is 2.32. The maximum absolute atomic E-state index is 12.4. The summed E-state index contributed by atoms with van der Waals surface area (Å²) in [7, 11) is 4.64. The number of amides is 1. The fourth-order valence-electron chi connectivity index (χ4n) is 2.34. The standard InChI is InChI=1S/C18H16ClN3O4S/c1-24-13-6-5-11(8-12(13)19)17(23)21-18-20-16(22-27-18)10-4-7-14(25-2)15(9-10)26-3/h4-9H,1-3H3,(H,20,21,22,23). The van der Waals surface area contributed by atoms with E-state index in [1.807, 2.05) is 6.07 Å². The molecule has 1 heterocycles. The van der Waals surface area contributed by atoms with Crippen LogP contribution in [0.15, 0.2) is 36.4 Å². The Morgan fingerprint density at radius 2 is 1.70 bits per heavy atom. The molecule has 0 saturated carbocycles. The molecule has 3 rings (SSSR count). The van der Waals surface area contributed by atoms with Crippen LogP contribution in [0.5, 0.6) is 17.2 Å². The van der Waals surface area contributed by atoms with Crippen molar-refractivity contribution in [3.63, 3.8) is 0 Å². The molecule has 0 radical (unpaired) electrons. The maximum Gasteiger partial charge on any atom is 0.257 e. The molecule has 0 unspecified atom stereocenters. The molecule has 2 aromatic carbocycles. The van der Waals surface area contributed by atoms with Crippen LogP contribution in [0.1, 0.15) is 10.4 Å². The smallest absolute Gasteiger partial charge is 0.257 e. The number of carbonyl (C=O) groups is 1. The van der Waals surface area contributed by atoms with Gasteiger partial charge in [-0.3, -0.25) is 10.1 Å². The first-order valence-electron chi connectivity index (χ1n) is 7.76. The molecule has 140 valence electrons. The summed E-state index contributed by atoms with van der Waals surface area (Å²) in [6, 6.07) is 10.1. The summed E-state index contributed by atoms with van der Waals surface area (Å²) in [5.41, 5.74) is 1.14. The minimum absolute atomic E-state index is 0.338. The van der Waals surface area contributed by atoms with Gasteiger partial charge in [-0.25, -0.2) is 0 Å². The molecule has 9 heteroatoms. The van der Waals surface area contributed by atoms with Crippen LogP contribution in [-0.4, -0.2) is 36.6 Å². The Kier molecular flexibility index (Phi) is 5.78. The lowest BCUT2D eigenvalue weighted by molar-refractivity contribution is 0.102. The average molecular weight is 406 g/mol. The number of rotatable bonds is 6. The molecule has 0 saturated heterocycles. The van der Waals surface area contributed by atoms with Crippen molar-refractivity contribution in [3.05, 3.63) is 47.0 Å². The van der Waals surface area contributed by atoms with Gasteiger partial charge >= 0.3 is 0 Å². The first kappa shape index (κ1) is 18.9. The van der Waals surface area contributed by atoms with Gasteiger partial charge in [0, 0.05) is 22.7 Å². The zero-order valence-corrected chi connectivity index (χ0v) is 16.4. The highest BCUT2D eigenvalue weighted by atomic mass is 35.5. The number of benzene rings is 2. The normalized spacial score (nSPS) is 10.4. The lowest BCUT2D eigenvalue weighted by atomic mass is 10.2. The number of ether oxygens (including phenoxy) is 3. The molecule has 7 nitrogen and oxygen atoms in total. The monoisotopic (exact) mass is 405 g/mol. The Bertz CT molecular complexity index is 977. The van der Waals surface area contributed by atoms with Crippen LogP contribution in [0.2, 0.25) is 5.02 Å². The van der Waals surface area contributed by atoms with E-state index in [4.69, 9.17) is 25.8 Å². The molecule has 0 aliphatic heterocycles. The van der Waals surface area contributed by atoms with Crippen molar-refractivity contribution in [1.29, 1.82) is 0 Å². The van der Waals surface area contributed by atoms with Crippen LogP contribution in [0.4, 0.5) is 5.13 Å². The first-order chi connectivity index (χ1) is 13.0. The van der Waals surface area contributed by atoms with Gasteiger partial charge in [-0.2, -0.15) is 9.36 Å². The van der Waals surface area contributed by atoms with Gasteiger partial charge in [0.1, 0.15) is 5.75 Å². The Hall–Kier alpha value is -2.84. The van der Waals surface area contributed by atoms with Crippen molar-refractivity contribution >= 4 is 34.2 Å². The third-order valence-corrected chi connectivity index (χ3v) is 4.63. The predicted octanol–water partition coefficient (Wildman–Crippen LogP) is 4.14. The highest BCUT2D eigenvalue weighted by Gasteiger charge is 2.14. The number of nitrogens with one attached hydrogen (secondary N) is 1. The van der Waals surface area contributed by atoms with E-state index in [2.05, 4.69) is 14.7 Å². The van der Waals surface area contributed by atoms with E-state index < -0.39 is 0 Å². The van der Waals surface area contributed by atoms with Crippen LogP contribution < -0.4 is 19.5 Å². The molecule has 0 bridgehead atoms. The Morgan fingerprint density at radius 1 is 1.00 bits per heavy atom. The minimum atomic E-state index is -0.338. The molecular weight excluding hydrogens is 390 g/mol. The SMILES string of the molecule is COc1ccc(C(=O)Nc2nc(-c3ccc(OC)c(OC)c3)ns2)cc1Cl. The summed E-state index contributed by atoms with van der Waals surface area (Å²) in [4.78, 5) is 16.7. The number of hydrogen-bond acceptors (Lipinski definition) is 7. The van der Waals surface area contributed by atoms with Gasteiger partial charge < -0.3 is 14.2 Å². The van der Waals surface area contributed by atoms with E-state index in [0.29, 0.717) is 38.8 Å². The van der Waals surface area contributed by atoms with Gasteiger partial charge in [0.2, 0.25) is 5.13 Å². The molecule has 0 aliphatic rings. The number of anilines is 1. The van der Waals surface area contributed by atoms with Crippen LogP contribution in [-0.2, 0) is 0 Å². The average Bonchev–Trinajstić information content (AvgIpc) is 3.15. The summed E-state index contributed by atoms with van der Waals surface area (Å²) >= 11 is 7.14. The molecule has 1 N–H and O–H groups in total. The van der Waals surface area contributed by atoms with E-state index in [1.165, 1.54) is 13.2 Å². The van der Waals surface area contributed by atoms with Gasteiger partial charge in [0.05, 0.1) is 26.4 Å². The van der Waals surface area contributed by atoms with E-state index in [0.717, 1.165) is 17.1 Å². The Balaban J connectivity index is 1.78. The number of methoxy groups -OCH3 is 3. The Labute approximate surface area is 165 Å². The predicted molar refractivity (Wildman–Crippen MR) is 104 cm³/mol. The molecule has 0 fully saturated rings. The van der Waals surface area contributed by atoms with Crippen molar-refractivity contribution in [3.8, 4) is 28.6 Å². The van der Waals surface area contributed by atoms with Crippen molar-refractivity contribution in [2.45, 2.75) is 0 Å². The lowest BCUT2D eigenvalue weighted by Crippen LogP contribution is -2.11. The van der Waals surface area contributed by atoms with E-state index in [9.17, 15) is 4.79 Å². The van der Waals surface area contributed by atoms with Crippen molar-refractivity contribution in [1.82, 2.24) is 9.36 Å². The maximum atomic E-state index is 12.4. The zero-order valence-electron chi connectivity index (χ0n) is 14.8. The number of hydrogen-bond donors (Lipinski definition) is 1. The van der Waals surface area contributed by atoms with Crippen molar-refractivity contribution in [2.75, 3.05) is 26.6 Å². The summed E-state index contributed by atoms with van der Waals surface area (Å²) in [6.45, 7) is 0. The second-order valence-electron chi connectivity index (χ2n) is 5.30. The molecule has 1 amide bonds. The lowest BCUT2D eigenvalue weighted by Gasteiger charge is -2.07. The van der Waals surface area contributed by atoms with Crippen LogP contribution in [0.25, 0.3) is 11.4 Å². The first-order valence-corrected chi connectivity index (χ1v) is 8.92. The quantitative estimate of drug-likeness (QED) is 0.663. The van der Waals surface area contributed by atoms with E-state index in [1.54, 1.807) is 38.5 Å². The second-order valence-corrected chi connectivity index (χ2v) is 6.46. The highest BCUT2D eigenvalue weighted by molar-refractivity contribution is 7.10.